The average Bonchev–Trinajstić information content (AvgIpc) is 3.02. The fourth-order valence-corrected chi connectivity index (χ4v) is 5.80. The van der Waals surface area contributed by atoms with Gasteiger partial charge in [0.1, 0.15) is 18.8 Å². The van der Waals surface area contributed by atoms with Crippen LogP contribution in [-0.2, 0) is 22.6 Å². The second-order valence-electron chi connectivity index (χ2n) is 12.2. The molecule has 1 aromatic carbocycles. The van der Waals surface area contributed by atoms with E-state index in [1.807, 2.05) is 35.2 Å². The third-order valence-electron chi connectivity index (χ3n) is 8.08. The quantitative estimate of drug-likeness (QED) is 0.304. The summed E-state index contributed by atoms with van der Waals surface area (Å²) in [6.07, 6.45) is 4.22. The Morgan fingerprint density at radius 1 is 1.16 bits per heavy atom. The summed E-state index contributed by atoms with van der Waals surface area (Å²) >= 11 is 0. The minimum absolute atomic E-state index is 0.00790. The first-order valence-corrected chi connectivity index (χ1v) is 15.1. The molecular weight excluding hydrogens is 565 g/mol. The topological polar surface area (TPSA) is 133 Å². The zero-order chi connectivity index (χ0) is 31.3. The van der Waals surface area contributed by atoms with Crippen LogP contribution in [0.4, 0.5) is 26.6 Å². The largest absolute Gasteiger partial charge is 0.480 e. The van der Waals surface area contributed by atoms with E-state index in [4.69, 9.17) is 9.72 Å². The smallest absolute Gasteiger partial charge is 0.411 e. The summed E-state index contributed by atoms with van der Waals surface area (Å²) < 4.78 is 21.2. The van der Waals surface area contributed by atoms with E-state index in [0.29, 0.717) is 13.1 Å². The van der Waals surface area contributed by atoms with Gasteiger partial charge in [-0.1, -0.05) is 36.4 Å². The van der Waals surface area contributed by atoms with Gasteiger partial charge in [0.2, 0.25) is 5.82 Å². The Bertz CT molecular complexity index is 1460. The van der Waals surface area contributed by atoms with Crippen LogP contribution >= 0.6 is 0 Å². The van der Waals surface area contributed by atoms with Crippen molar-refractivity contribution in [1.82, 2.24) is 19.9 Å². The van der Waals surface area contributed by atoms with Gasteiger partial charge in [-0.3, -0.25) is 4.90 Å². The Balaban J connectivity index is 1.24. The van der Waals surface area contributed by atoms with E-state index in [2.05, 4.69) is 32.7 Å². The number of rotatable bonds is 9. The van der Waals surface area contributed by atoms with Crippen molar-refractivity contribution in [3.05, 3.63) is 71.4 Å². The highest BCUT2D eigenvalue weighted by Gasteiger charge is 2.39. The number of pyridine rings is 1. The van der Waals surface area contributed by atoms with Crippen LogP contribution in [0, 0.1) is 5.82 Å². The highest BCUT2D eigenvalue weighted by Crippen LogP contribution is 2.33. The number of carbonyl (C=O) groups excluding carboxylic acids is 1. The highest BCUT2D eigenvalue weighted by atomic mass is 19.1. The van der Waals surface area contributed by atoms with Crippen molar-refractivity contribution in [2.24, 2.45) is 0 Å². The van der Waals surface area contributed by atoms with Gasteiger partial charge in [-0.15, -0.1) is 0 Å². The van der Waals surface area contributed by atoms with Gasteiger partial charge < -0.3 is 25.4 Å². The van der Waals surface area contributed by atoms with Crippen molar-refractivity contribution >= 4 is 29.5 Å². The standard InChI is InChI=1S/C32H40FN7O4/c1-32(2,3)40(31(43)44-19-21-8-5-4-6-9-21)25(30(41)42)18-35-28-26(33)29(37-20-36-28)39-16-13-22(14-17-39)24-12-11-23-10-7-15-34-27(23)38-24/h4-6,8-9,11-12,20,22,25H,7,10,13-19H2,1-3H3,(H,34,38)(H,41,42)(H,35,36,37)/t25-/m0/s1. The lowest BCUT2D eigenvalue weighted by molar-refractivity contribution is -0.144. The number of aromatic nitrogens is 3. The molecule has 1 saturated heterocycles. The first kappa shape index (κ1) is 31.0. The van der Waals surface area contributed by atoms with Crippen molar-refractivity contribution in [1.29, 1.82) is 0 Å². The minimum Gasteiger partial charge on any atom is -0.480 e. The lowest BCUT2D eigenvalue weighted by Gasteiger charge is -2.39. The number of anilines is 3. The number of aryl methyl sites for hydroxylation is 1. The van der Waals surface area contributed by atoms with Crippen LogP contribution in [0.5, 0.6) is 0 Å². The van der Waals surface area contributed by atoms with Crippen molar-refractivity contribution in [2.45, 2.75) is 70.6 Å². The molecular formula is C32H40FN7O4. The average molecular weight is 606 g/mol. The third-order valence-corrected chi connectivity index (χ3v) is 8.08. The third kappa shape index (κ3) is 7.17. The van der Waals surface area contributed by atoms with Crippen LogP contribution in [0.1, 0.15) is 62.8 Å². The number of benzene rings is 1. The van der Waals surface area contributed by atoms with E-state index >= 15 is 4.39 Å². The fourth-order valence-electron chi connectivity index (χ4n) is 5.80. The number of nitrogens with zero attached hydrogens (tertiary/aromatic N) is 5. The van der Waals surface area contributed by atoms with E-state index in [-0.39, 0.29) is 30.7 Å². The molecule has 0 aliphatic carbocycles. The van der Waals surface area contributed by atoms with E-state index < -0.39 is 29.5 Å². The number of hydrogen-bond acceptors (Lipinski definition) is 9. The summed E-state index contributed by atoms with van der Waals surface area (Å²) in [5.41, 5.74) is 2.17. The maximum atomic E-state index is 15.7. The molecule has 12 heteroatoms. The highest BCUT2D eigenvalue weighted by molar-refractivity contribution is 5.81. The molecule has 1 atom stereocenters. The van der Waals surface area contributed by atoms with Crippen LogP contribution in [0.3, 0.4) is 0 Å². The van der Waals surface area contributed by atoms with Gasteiger partial charge in [0, 0.05) is 43.3 Å². The molecule has 2 aliphatic heterocycles. The summed E-state index contributed by atoms with van der Waals surface area (Å²) in [5, 5.41) is 16.3. The maximum absolute atomic E-state index is 15.7. The van der Waals surface area contributed by atoms with Crippen molar-refractivity contribution in [2.75, 3.05) is 41.7 Å². The predicted molar refractivity (Wildman–Crippen MR) is 165 cm³/mol. The molecule has 5 rings (SSSR count). The van der Waals surface area contributed by atoms with E-state index in [1.165, 1.54) is 11.9 Å². The molecule has 44 heavy (non-hydrogen) atoms. The summed E-state index contributed by atoms with van der Waals surface area (Å²) in [6.45, 7) is 6.97. The first-order valence-electron chi connectivity index (χ1n) is 15.1. The Morgan fingerprint density at radius 3 is 2.61 bits per heavy atom. The normalized spacial score (nSPS) is 16.0. The molecule has 1 fully saturated rings. The molecule has 234 valence electrons. The summed E-state index contributed by atoms with van der Waals surface area (Å²) in [7, 11) is 0. The number of nitrogens with one attached hydrogen (secondary N) is 2. The summed E-state index contributed by atoms with van der Waals surface area (Å²) in [6, 6.07) is 12.0. The number of carbonyl (C=O) groups is 2. The molecule has 4 heterocycles. The molecule has 2 aliphatic rings. The molecule has 0 saturated carbocycles. The molecule has 1 amide bonds. The van der Waals surface area contributed by atoms with Crippen molar-refractivity contribution in [3.8, 4) is 0 Å². The van der Waals surface area contributed by atoms with E-state index in [9.17, 15) is 14.7 Å². The van der Waals surface area contributed by atoms with Gasteiger partial charge >= 0.3 is 12.1 Å². The number of carboxylic acid groups (broad SMARTS) is 1. The number of aliphatic carboxylic acids is 1. The molecule has 0 unspecified atom stereocenters. The molecule has 0 spiro atoms. The van der Waals surface area contributed by atoms with Gasteiger partial charge in [-0.05, 0) is 63.6 Å². The first-order chi connectivity index (χ1) is 21.1. The van der Waals surface area contributed by atoms with E-state index in [1.54, 1.807) is 20.8 Å². The molecule has 3 N–H and O–H groups in total. The van der Waals surface area contributed by atoms with Gasteiger partial charge in [0.05, 0.1) is 0 Å². The Kier molecular flexibility index (Phi) is 9.46. The molecule has 0 radical (unpaired) electrons. The number of fused-ring (bicyclic) bond motifs is 1. The monoisotopic (exact) mass is 605 g/mol. The second-order valence-corrected chi connectivity index (χ2v) is 12.2. The predicted octanol–water partition coefficient (Wildman–Crippen LogP) is 5.06. The van der Waals surface area contributed by atoms with Gasteiger partial charge in [0.15, 0.2) is 17.7 Å². The van der Waals surface area contributed by atoms with Crippen LogP contribution in [0.2, 0.25) is 0 Å². The summed E-state index contributed by atoms with van der Waals surface area (Å²) in [5.74, 6) is -0.654. The lowest BCUT2D eigenvalue weighted by atomic mass is 9.92. The van der Waals surface area contributed by atoms with Gasteiger partial charge in [-0.25, -0.2) is 24.5 Å². The Labute approximate surface area is 256 Å². The fraction of sp³-hybridized carbons (Fsp3) is 0.469. The SMILES string of the molecule is CC(C)(C)N(C(=O)OCc1ccccc1)[C@@H](CNc1ncnc(N2CCC(c3ccc4c(n3)NCCC4)CC2)c1F)C(=O)O. The molecule has 0 bridgehead atoms. The van der Waals surface area contributed by atoms with Crippen molar-refractivity contribution < 1.29 is 23.8 Å². The number of piperidine rings is 1. The zero-order valence-corrected chi connectivity index (χ0v) is 25.4. The lowest BCUT2D eigenvalue weighted by Crippen LogP contribution is -2.57. The number of amides is 1. The van der Waals surface area contributed by atoms with Crippen LogP contribution < -0.4 is 15.5 Å². The maximum Gasteiger partial charge on any atom is 0.411 e. The number of ether oxygens (including phenoxy) is 1. The van der Waals surface area contributed by atoms with E-state index in [0.717, 1.165) is 54.2 Å². The number of hydrogen-bond donors (Lipinski definition) is 3. The number of carboxylic acids is 1. The molecule has 3 aromatic rings. The Hall–Kier alpha value is -4.48. The van der Waals surface area contributed by atoms with Crippen LogP contribution in [-0.4, -0.2) is 74.8 Å². The second kappa shape index (κ2) is 13.4. The molecule has 2 aromatic heterocycles. The van der Waals surface area contributed by atoms with Gasteiger partial charge in [0.25, 0.3) is 0 Å². The number of halogens is 1. The van der Waals surface area contributed by atoms with Crippen molar-refractivity contribution in [3.63, 3.8) is 0 Å². The Morgan fingerprint density at radius 2 is 1.91 bits per heavy atom. The van der Waals surface area contributed by atoms with Gasteiger partial charge in [-0.2, -0.15) is 4.39 Å². The molecule has 11 nitrogen and oxygen atoms in total. The minimum atomic E-state index is -1.36. The zero-order valence-electron chi connectivity index (χ0n) is 25.4. The summed E-state index contributed by atoms with van der Waals surface area (Å²) in [4.78, 5) is 41.7. The van der Waals surface area contributed by atoms with Crippen LogP contribution in [0.25, 0.3) is 0 Å². The van der Waals surface area contributed by atoms with Crippen LogP contribution in [0.15, 0.2) is 48.8 Å².